The second kappa shape index (κ2) is 4.16. The number of likely N-dealkylation sites (tertiary alicyclic amines) is 1. The van der Waals surface area contributed by atoms with Gasteiger partial charge in [0.1, 0.15) is 0 Å². The van der Waals surface area contributed by atoms with Crippen LogP contribution in [0.2, 0.25) is 0 Å². The summed E-state index contributed by atoms with van der Waals surface area (Å²) in [5.74, 6) is 0. The van der Waals surface area contributed by atoms with Crippen molar-refractivity contribution in [2.45, 2.75) is 25.8 Å². The Kier molecular flexibility index (Phi) is 3.17. The molecule has 1 N–H and O–H groups in total. The first kappa shape index (κ1) is 9.89. The molecule has 0 unspecified atom stereocenters. The molecule has 1 atom stereocenters. The summed E-state index contributed by atoms with van der Waals surface area (Å²) in [5.41, 5.74) is 1.19. The van der Waals surface area contributed by atoms with Crippen molar-refractivity contribution in [2.75, 3.05) is 13.7 Å². The Bertz CT molecular complexity index is 225. The Labute approximate surface area is 77.8 Å². The zero-order valence-corrected chi connectivity index (χ0v) is 7.99. The van der Waals surface area contributed by atoms with E-state index in [1.54, 1.807) is 13.4 Å². The molecule has 1 fully saturated rings. The second-order valence-electron chi connectivity index (χ2n) is 3.29. The van der Waals surface area contributed by atoms with Gasteiger partial charge in [-0.05, 0) is 25.3 Å². The lowest BCUT2D eigenvalue weighted by atomic mass is 9.99. The lowest BCUT2D eigenvalue weighted by Crippen LogP contribution is -2.41. The van der Waals surface area contributed by atoms with E-state index < -0.39 is 6.09 Å². The Morgan fingerprint density at radius 1 is 1.77 bits per heavy atom. The maximum absolute atomic E-state index is 10.7. The molecular weight excluding hydrogens is 170 g/mol. The summed E-state index contributed by atoms with van der Waals surface area (Å²) in [6, 6.07) is 0.0626. The number of hydrogen-bond acceptors (Lipinski definition) is 2. The summed E-state index contributed by atoms with van der Waals surface area (Å²) in [4.78, 5) is 12.2. The minimum Gasteiger partial charge on any atom is -0.504 e. The second-order valence-corrected chi connectivity index (χ2v) is 3.29. The quantitative estimate of drug-likeness (QED) is 0.632. The summed E-state index contributed by atoms with van der Waals surface area (Å²) >= 11 is 0. The van der Waals surface area contributed by atoms with Crippen LogP contribution < -0.4 is 0 Å². The SMILES string of the molecule is CO/C=C1/CCN(C(=O)O)[C@@H](C)C1. The topological polar surface area (TPSA) is 49.8 Å². The molecule has 1 saturated heterocycles. The van der Waals surface area contributed by atoms with Crippen LogP contribution in [0.4, 0.5) is 4.79 Å². The molecule has 0 aromatic rings. The number of amides is 1. The van der Waals surface area contributed by atoms with Crippen LogP contribution >= 0.6 is 0 Å². The number of rotatable bonds is 1. The third-order valence-corrected chi connectivity index (χ3v) is 2.29. The molecule has 1 rings (SSSR count). The van der Waals surface area contributed by atoms with Crippen LogP contribution in [0.15, 0.2) is 11.8 Å². The van der Waals surface area contributed by atoms with Gasteiger partial charge < -0.3 is 14.7 Å². The smallest absolute Gasteiger partial charge is 0.407 e. The third-order valence-electron chi connectivity index (χ3n) is 2.29. The molecule has 0 aromatic heterocycles. The van der Waals surface area contributed by atoms with E-state index in [0.29, 0.717) is 6.54 Å². The maximum atomic E-state index is 10.7. The van der Waals surface area contributed by atoms with Crippen molar-refractivity contribution in [1.82, 2.24) is 4.90 Å². The molecule has 1 amide bonds. The molecule has 0 radical (unpaired) electrons. The van der Waals surface area contributed by atoms with E-state index >= 15 is 0 Å². The van der Waals surface area contributed by atoms with Crippen LogP contribution in [0.5, 0.6) is 0 Å². The average molecular weight is 185 g/mol. The van der Waals surface area contributed by atoms with E-state index in [1.165, 1.54) is 10.5 Å². The number of carbonyl (C=O) groups is 1. The fourth-order valence-electron chi connectivity index (χ4n) is 1.63. The molecule has 1 heterocycles. The monoisotopic (exact) mass is 185 g/mol. The standard InChI is InChI=1S/C9H15NO3/c1-7-5-8(6-13-2)3-4-10(7)9(11)12/h6-7H,3-5H2,1-2H3,(H,11,12)/b8-6-/t7-/m0/s1. The molecule has 0 aromatic carbocycles. The summed E-state index contributed by atoms with van der Waals surface area (Å²) in [6.07, 6.45) is 2.45. The van der Waals surface area contributed by atoms with E-state index in [-0.39, 0.29) is 6.04 Å². The van der Waals surface area contributed by atoms with Crippen molar-refractivity contribution < 1.29 is 14.6 Å². The molecule has 4 nitrogen and oxygen atoms in total. The van der Waals surface area contributed by atoms with Gasteiger partial charge in [-0.25, -0.2) is 4.79 Å². The number of piperidine rings is 1. The van der Waals surface area contributed by atoms with Crippen LogP contribution in [-0.2, 0) is 4.74 Å². The minimum atomic E-state index is -0.830. The molecule has 0 aliphatic carbocycles. The average Bonchev–Trinajstić information content (AvgIpc) is 2.04. The molecule has 0 saturated carbocycles. The fraction of sp³-hybridized carbons (Fsp3) is 0.667. The Hall–Kier alpha value is -1.19. The Morgan fingerprint density at radius 2 is 2.46 bits per heavy atom. The van der Waals surface area contributed by atoms with Crippen molar-refractivity contribution in [2.24, 2.45) is 0 Å². The molecule has 4 heteroatoms. The highest BCUT2D eigenvalue weighted by molar-refractivity contribution is 5.65. The lowest BCUT2D eigenvalue weighted by Gasteiger charge is -2.32. The number of carboxylic acid groups (broad SMARTS) is 1. The largest absolute Gasteiger partial charge is 0.504 e. The third kappa shape index (κ3) is 2.37. The highest BCUT2D eigenvalue weighted by atomic mass is 16.5. The highest BCUT2D eigenvalue weighted by Crippen LogP contribution is 2.21. The number of ether oxygens (including phenoxy) is 1. The van der Waals surface area contributed by atoms with Crippen LogP contribution in [0.1, 0.15) is 19.8 Å². The van der Waals surface area contributed by atoms with Gasteiger partial charge in [0.15, 0.2) is 0 Å². The van der Waals surface area contributed by atoms with Gasteiger partial charge in [-0.2, -0.15) is 0 Å². The first-order valence-electron chi connectivity index (χ1n) is 4.35. The molecule has 13 heavy (non-hydrogen) atoms. The van der Waals surface area contributed by atoms with Crippen molar-refractivity contribution >= 4 is 6.09 Å². The highest BCUT2D eigenvalue weighted by Gasteiger charge is 2.24. The molecule has 1 aliphatic heterocycles. The maximum Gasteiger partial charge on any atom is 0.407 e. The van der Waals surface area contributed by atoms with Crippen LogP contribution in [0.3, 0.4) is 0 Å². The summed E-state index contributed by atoms with van der Waals surface area (Å²) in [5, 5.41) is 8.80. The Balaban J connectivity index is 2.56. The van der Waals surface area contributed by atoms with Gasteiger partial charge in [0.2, 0.25) is 0 Å². The summed E-state index contributed by atoms with van der Waals surface area (Å²) < 4.78 is 4.90. The van der Waals surface area contributed by atoms with Gasteiger partial charge in [-0.1, -0.05) is 0 Å². The first-order valence-corrected chi connectivity index (χ1v) is 4.35. The van der Waals surface area contributed by atoms with Crippen molar-refractivity contribution in [3.8, 4) is 0 Å². The zero-order valence-electron chi connectivity index (χ0n) is 7.99. The van der Waals surface area contributed by atoms with Crippen LogP contribution in [-0.4, -0.2) is 35.8 Å². The fourth-order valence-corrected chi connectivity index (χ4v) is 1.63. The van der Waals surface area contributed by atoms with E-state index in [1.807, 2.05) is 6.92 Å². The Morgan fingerprint density at radius 3 is 2.92 bits per heavy atom. The minimum absolute atomic E-state index is 0.0626. The number of hydrogen-bond donors (Lipinski definition) is 1. The van der Waals surface area contributed by atoms with Crippen LogP contribution in [0, 0.1) is 0 Å². The van der Waals surface area contributed by atoms with Gasteiger partial charge in [-0.15, -0.1) is 0 Å². The van der Waals surface area contributed by atoms with Crippen molar-refractivity contribution in [3.63, 3.8) is 0 Å². The van der Waals surface area contributed by atoms with Gasteiger partial charge in [-0.3, -0.25) is 0 Å². The van der Waals surface area contributed by atoms with Gasteiger partial charge in [0.05, 0.1) is 13.4 Å². The van der Waals surface area contributed by atoms with E-state index in [9.17, 15) is 4.79 Å². The molecule has 0 bridgehead atoms. The molecule has 74 valence electrons. The van der Waals surface area contributed by atoms with Crippen molar-refractivity contribution in [1.29, 1.82) is 0 Å². The number of methoxy groups -OCH3 is 1. The van der Waals surface area contributed by atoms with E-state index in [2.05, 4.69) is 0 Å². The normalized spacial score (nSPS) is 26.2. The van der Waals surface area contributed by atoms with Crippen molar-refractivity contribution in [3.05, 3.63) is 11.8 Å². The molecule has 1 aliphatic rings. The lowest BCUT2D eigenvalue weighted by molar-refractivity contribution is 0.120. The van der Waals surface area contributed by atoms with Gasteiger partial charge in [0, 0.05) is 12.6 Å². The molecular formula is C9H15NO3. The summed E-state index contributed by atoms with van der Waals surface area (Å²) in [7, 11) is 1.61. The number of nitrogens with zero attached hydrogens (tertiary/aromatic N) is 1. The predicted octanol–water partition coefficient (Wildman–Crippen LogP) is 1.68. The first-order chi connectivity index (χ1) is 6.15. The van der Waals surface area contributed by atoms with Crippen LogP contribution in [0.25, 0.3) is 0 Å². The predicted molar refractivity (Wildman–Crippen MR) is 48.5 cm³/mol. The molecule has 0 spiro atoms. The van der Waals surface area contributed by atoms with Gasteiger partial charge >= 0.3 is 6.09 Å². The van der Waals surface area contributed by atoms with E-state index in [0.717, 1.165) is 12.8 Å². The summed E-state index contributed by atoms with van der Waals surface area (Å²) in [6.45, 7) is 2.49. The van der Waals surface area contributed by atoms with Gasteiger partial charge in [0.25, 0.3) is 0 Å². The van der Waals surface area contributed by atoms with E-state index in [4.69, 9.17) is 9.84 Å². The zero-order chi connectivity index (χ0) is 9.84.